The fraction of sp³-hybridized carbons (Fsp3) is 0.238. The van der Waals surface area contributed by atoms with Gasteiger partial charge in [-0.1, -0.05) is 54.1 Å². The number of hydrogen-bond acceptors (Lipinski definition) is 2. The Hall–Kier alpha value is -2.07. The average Bonchev–Trinajstić information content (AvgIpc) is 3.22. The van der Waals surface area contributed by atoms with Gasteiger partial charge >= 0.3 is 0 Å². The fourth-order valence-corrected chi connectivity index (χ4v) is 3.99. The number of halogens is 1. The molecule has 2 N–H and O–H groups in total. The lowest BCUT2D eigenvalue weighted by Gasteiger charge is -2.15. The molecule has 4 rings (SSSR count). The molecule has 0 unspecified atom stereocenters. The van der Waals surface area contributed by atoms with E-state index in [1.54, 1.807) is 0 Å². The minimum atomic E-state index is -0.903. The molecular weight excluding hydrogens is 334 g/mol. The normalized spacial score (nSPS) is 14.5. The summed E-state index contributed by atoms with van der Waals surface area (Å²) in [5, 5.41) is 20.9. The highest BCUT2D eigenvalue weighted by Gasteiger charge is 2.30. The third-order valence-corrected chi connectivity index (χ3v) is 5.14. The molecule has 1 atom stereocenters. The molecule has 2 aromatic carbocycles. The Morgan fingerprint density at radius 3 is 2.32 bits per heavy atom. The number of benzene rings is 2. The van der Waals surface area contributed by atoms with E-state index in [1.807, 2.05) is 42.5 Å². The van der Waals surface area contributed by atoms with Gasteiger partial charge in [0, 0.05) is 28.4 Å². The van der Waals surface area contributed by atoms with Crippen molar-refractivity contribution in [1.82, 2.24) is 4.57 Å². The second-order valence-electron chi connectivity index (χ2n) is 6.41. The zero-order chi connectivity index (χ0) is 17.4. The Balaban J connectivity index is 2.04. The third kappa shape index (κ3) is 2.78. The van der Waals surface area contributed by atoms with Crippen molar-refractivity contribution in [3.05, 3.63) is 71.0 Å². The van der Waals surface area contributed by atoms with Crippen molar-refractivity contribution < 1.29 is 10.2 Å². The molecule has 1 aliphatic rings. The average molecular weight is 354 g/mol. The number of nitrogens with zero attached hydrogens (tertiary/aromatic N) is 1. The van der Waals surface area contributed by atoms with Crippen molar-refractivity contribution in [1.29, 1.82) is 0 Å². The lowest BCUT2D eigenvalue weighted by Crippen LogP contribution is -2.10. The molecule has 0 amide bonds. The SMILES string of the molecule is OC[C@@H](O)c1c(-c2ccc(Cl)cc2)c(-c2ccccc2)c2n1CCC2. The van der Waals surface area contributed by atoms with Crippen LogP contribution in [0.4, 0.5) is 0 Å². The predicted octanol–water partition coefficient (Wildman–Crippen LogP) is 4.45. The molecule has 1 aliphatic heterocycles. The molecule has 1 aromatic heterocycles. The molecule has 0 aliphatic carbocycles. The third-order valence-electron chi connectivity index (χ3n) is 4.89. The first-order chi connectivity index (χ1) is 12.2. The number of aromatic nitrogens is 1. The van der Waals surface area contributed by atoms with Crippen molar-refractivity contribution in [2.75, 3.05) is 6.61 Å². The van der Waals surface area contributed by atoms with Gasteiger partial charge in [0.05, 0.1) is 12.3 Å². The summed E-state index contributed by atoms with van der Waals surface area (Å²) in [6.07, 6.45) is 1.13. The Morgan fingerprint density at radius 2 is 1.64 bits per heavy atom. The number of fused-ring (bicyclic) bond motifs is 1. The first-order valence-electron chi connectivity index (χ1n) is 8.56. The van der Waals surface area contributed by atoms with Gasteiger partial charge in [-0.25, -0.2) is 0 Å². The number of rotatable bonds is 4. The quantitative estimate of drug-likeness (QED) is 0.728. The van der Waals surface area contributed by atoms with Gasteiger partial charge in [0.1, 0.15) is 6.10 Å². The molecular formula is C21H20ClNO2. The molecule has 0 spiro atoms. The van der Waals surface area contributed by atoms with Gasteiger partial charge in [-0.15, -0.1) is 0 Å². The standard InChI is InChI=1S/C21H20ClNO2/c22-16-10-8-15(9-11-16)20-19(14-5-2-1-3-6-14)17-7-4-12-23(17)21(20)18(25)13-24/h1-3,5-6,8-11,18,24-25H,4,7,12-13H2/t18-/m1/s1. The Labute approximate surface area is 152 Å². The monoisotopic (exact) mass is 353 g/mol. The summed E-state index contributed by atoms with van der Waals surface area (Å²) in [6, 6.07) is 18.0. The molecule has 0 radical (unpaired) electrons. The maximum absolute atomic E-state index is 10.6. The number of aliphatic hydroxyl groups is 2. The summed E-state index contributed by atoms with van der Waals surface area (Å²) in [4.78, 5) is 0. The molecule has 2 heterocycles. The van der Waals surface area contributed by atoms with Crippen molar-refractivity contribution in [2.45, 2.75) is 25.5 Å². The highest BCUT2D eigenvalue weighted by atomic mass is 35.5. The fourth-order valence-electron chi connectivity index (χ4n) is 3.87. The number of hydrogen-bond donors (Lipinski definition) is 2. The zero-order valence-corrected chi connectivity index (χ0v) is 14.6. The van der Waals surface area contributed by atoms with E-state index in [0.717, 1.165) is 47.3 Å². The number of aliphatic hydroxyl groups excluding tert-OH is 2. The highest BCUT2D eigenvalue weighted by molar-refractivity contribution is 6.30. The van der Waals surface area contributed by atoms with Gasteiger partial charge in [0.2, 0.25) is 0 Å². The van der Waals surface area contributed by atoms with Gasteiger partial charge < -0.3 is 14.8 Å². The van der Waals surface area contributed by atoms with Gasteiger partial charge in [-0.05, 0) is 36.1 Å². The molecule has 0 bridgehead atoms. The van der Waals surface area contributed by atoms with Crippen molar-refractivity contribution in [2.24, 2.45) is 0 Å². The van der Waals surface area contributed by atoms with Crippen LogP contribution >= 0.6 is 11.6 Å². The molecule has 3 nitrogen and oxygen atoms in total. The van der Waals surface area contributed by atoms with Crippen molar-refractivity contribution in [3.8, 4) is 22.3 Å². The van der Waals surface area contributed by atoms with Crippen LogP contribution in [-0.4, -0.2) is 21.4 Å². The molecule has 4 heteroatoms. The van der Waals surface area contributed by atoms with Crippen molar-refractivity contribution in [3.63, 3.8) is 0 Å². The van der Waals surface area contributed by atoms with Crippen LogP contribution in [0.5, 0.6) is 0 Å². The van der Waals surface area contributed by atoms with Crippen LogP contribution in [0.1, 0.15) is 23.9 Å². The van der Waals surface area contributed by atoms with Crippen LogP contribution in [0.2, 0.25) is 5.02 Å². The lowest BCUT2D eigenvalue weighted by molar-refractivity contribution is 0.0899. The Kier molecular flexibility index (Phi) is 4.38. The minimum Gasteiger partial charge on any atom is -0.393 e. The lowest BCUT2D eigenvalue weighted by atomic mass is 9.92. The van der Waals surface area contributed by atoms with Crippen LogP contribution in [-0.2, 0) is 13.0 Å². The van der Waals surface area contributed by atoms with E-state index < -0.39 is 6.10 Å². The highest BCUT2D eigenvalue weighted by Crippen LogP contribution is 2.45. The zero-order valence-electron chi connectivity index (χ0n) is 13.8. The van der Waals surface area contributed by atoms with Gasteiger partial charge in [0.15, 0.2) is 0 Å². The predicted molar refractivity (Wildman–Crippen MR) is 101 cm³/mol. The topological polar surface area (TPSA) is 45.4 Å². The van der Waals surface area contributed by atoms with Gasteiger partial charge in [0.25, 0.3) is 0 Å². The first kappa shape index (κ1) is 16.4. The van der Waals surface area contributed by atoms with Crippen LogP contribution in [0.25, 0.3) is 22.3 Å². The summed E-state index contributed by atoms with van der Waals surface area (Å²) in [5.74, 6) is 0. The van der Waals surface area contributed by atoms with Crippen LogP contribution in [0.3, 0.4) is 0 Å². The van der Waals surface area contributed by atoms with Crippen molar-refractivity contribution >= 4 is 11.6 Å². The van der Waals surface area contributed by atoms with Crippen LogP contribution in [0.15, 0.2) is 54.6 Å². The Bertz CT molecular complexity index is 885. The van der Waals surface area contributed by atoms with E-state index in [2.05, 4.69) is 16.7 Å². The van der Waals surface area contributed by atoms with E-state index in [9.17, 15) is 10.2 Å². The smallest absolute Gasteiger partial charge is 0.118 e. The molecule has 0 fully saturated rings. The second kappa shape index (κ2) is 6.68. The maximum Gasteiger partial charge on any atom is 0.118 e. The molecule has 0 saturated heterocycles. The molecule has 3 aromatic rings. The minimum absolute atomic E-state index is 0.293. The maximum atomic E-state index is 10.6. The van der Waals surface area contributed by atoms with E-state index in [1.165, 1.54) is 5.69 Å². The molecule has 128 valence electrons. The van der Waals surface area contributed by atoms with E-state index in [4.69, 9.17) is 11.6 Å². The summed E-state index contributed by atoms with van der Waals surface area (Å²) >= 11 is 6.07. The summed E-state index contributed by atoms with van der Waals surface area (Å²) in [6.45, 7) is 0.577. The summed E-state index contributed by atoms with van der Waals surface area (Å²) in [5.41, 5.74) is 6.33. The second-order valence-corrected chi connectivity index (χ2v) is 6.84. The van der Waals surface area contributed by atoms with Crippen LogP contribution < -0.4 is 0 Å². The van der Waals surface area contributed by atoms with E-state index >= 15 is 0 Å². The Morgan fingerprint density at radius 1 is 0.960 bits per heavy atom. The van der Waals surface area contributed by atoms with Gasteiger partial charge in [-0.3, -0.25) is 0 Å². The first-order valence-corrected chi connectivity index (χ1v) is 8.94. The summed E-state index contributed by atoms with van der Waals surface area (Å²) in [7, 11) is 0. The van der Waals surface area contributed by atoms with Gasteiger partial charge in [-0.2, -0.15) is 0 Å². The summed E-state index contributed by atoms with van der Waals surface area (Å²) < 4.78 is 2.19. The largest absolute Gasteiger partial charge is 0.393 e. The molecule has 0 saturated carbocycles. The van der Waals surface area contributed by atoms with E-state index in [0.29, 0.717) is 5.02 Å². The van der Waals surface area contributed by atoms with E-state index in [-0.39, 0.29) is 6.61 Å². The molecule has 25 heavy (non-hydrogen) atoms. The van der Waals surface area contributed by atoms with Crippen LogP contribution in [0, 0.1) is 0 Å².